The van der Waals surface area contributed by atoms with Gasteiger partial charge in [-0.2, -0.15) is 0 Å². The lowest BCUT2D eigenvalue weighted by Gasteiger charge is -2.14. The molecule has 0 saturated heterocycles. The Bertz CT molecular complexity index is 735. The van der Waals surface area contributed by atoms with Crippen LogP contribution in [0.25, 0.3) is 17.3 Å². The first-order valence-electron chi connectivity index (χ1n) is 6.04. The van der Waals surface area contributed by atoms with Gasteiger partial charge in [-0.15, -0.1) is 0 Å². The van der Waals surface area contributed by atoms with Crippen LogP contribution in [0, 0.1) is 0 Å². The van der Waals surface area contributed by atoms with E-state index in [1.807, 2.05) is 10.6 Å². The average Bonchev–Trinajstić information content (AvgIpc) is 2.71. The number of carboxylic acid groups (broad SMARTS) is 1. The number of carboxylic acids is 1. The number of allylic oxidation sites excluding steroid dienone is 1. The molecule has 0 atom stereocenters. The molecule has 0 unspecified atom stereocenters. The van der Waals surface area contributed by atoms with Crippen LogP contribution in [0.1, 0.15) is 22.5 Å². The minimum atomic E-state index is -1.04. The van der Waals surface area contributed by atoms with Gasteiger partial charge in [0.05, 0.1) is 16.4 Å². The van der Waals surface area contributed by atoms with Crippen LogP contribution in [0.4, 0.5) is 0 Å². The van der Waals surface area contributed by atoms with E-state index < -0.39 is 5.97 Å². The minimum Gasteiger partial charge on any atom is -0.478 e. The Morgan fingerprint density at radius 3 is 2.90 bits per heavy atom. The van der Waals surface area contributed by atoms with Crippen molar-refractivity contribution >= 4 is 35.2 Å². The lowest BCUT2D eigenvalue weighted by atomic mass is 10.1. The predicted octanol–water partition coefficient (Wildman–Crippen LogP) is 3.97. The lowest BCUT2D eigenvalue weighted by molar-refractivity contribution is 0.0697. The molecule has 0 fully saturated rings. The highest BCUT2D eigenvalue weighted by molar-refractivity contribution is 6.38. The largest absolute Gasteiger partial charge is 0.478 e. The molecule has 0 aliphatic carbocycles. The monoisotopic (exact) mass is 308 g/mol. The Kier molecular flexibility index (Phi) is 3.28. The molecule has 1 aliphatic heterocycles. The van der Waals surface area contributed by atoms with Crippen LogP contribution in [0.2, 0.25) is 10.2 Å². The van der Waals surface area contributed by atoms with E-state index in [0.29, 0.717) is 28.6 Å². The Morgan fingerprint density at radius 1 is 1.40 bits per heavy atom. The van der Waals surface area contributed by atoms with Crippen molar-refractivity contribution < 1.29 is 9.90 Å². The molecule has 3 heterocycles. The zero-order chi connectivity index (χ0) is 14.3. The highest BCUT2D eigenvalue weighted by Gasteiger charge is 2.27. The van der Waals surface area contributed by atoms with Gasteiger partial charge >= 0.3 is 5.97 Å². The van der Waals surface area contributed by atoms with Crippen molar-refractivity contribution in [1.82, 2.24) is 9.55 Å². The van der Waals surface area contributed by atoms with Gasteiger partial charge in [0.25, 0.3) is 0 Å². The third kappa shape index (κ3) is 1.92. The third-order valence-corrected chi connectivity index (χ3v) is 3.94. The summed E-state index contributed by atoms with van der Waals surface area (Å²) in [7, 11) is 0. The van der Waals surface area contributed by atoms with Crippen LogP contribution in [0.15, 0.2) is 24.4 Å². The fraction of sp³-hybridized carbons (Fsp3) is 0.143. The first-order chi connectivity index (χ1) is 9.61. The van der Waals surface area contributed by atoms with Crippen molar-refractivity contribution in [3.63, 3.8) is 0 Å². The SMILES string of the molecule is O=C(O)c1c(Cl)c(-c2cccnc2Cl)n2c1C=CCC2. The van der Waals surface area contributed by atoms with Gasteiger partial charge in [0.15, 0.2) is 0 Å². The fourth-order valence-corrected chi connectivity index (χ4v) is 3.03. The Balaban J connectivity index is 2.35. The molecule has 4 nitrogen and oxygen atoms in total. The Hall–Kier alpha value is -1.78. The maximum atomic E-state index is 11.4. The second kappa shape index (κ2) is 4.96. The number of hydrogen-bond acceptors (Lipinski definition) is 2. The van der Waals surface area contributed by atoms with Gasteiger partial charge in [-0.1, -0.05) is 29.3 Å². The zero-order valence-corrected chi connectivity index (χ0v) is 11.8. The third-order valence-electron chi connectivity index (χ3n) is 3.27. The summed E-state index contributed by atoms with van der Waals surface area (Å²) in [5, 5.41) is 9.88. The minimum absolute atomic E-state index is 0.109. The predicted molar refractivity (Wildman–Crippen MR) is 78.3 cm³/mol. The van der Waals surface area contributed by atoms with E-state index in [1.165, 1.54) is 0 Å². The first-order valence-corrected chi connectivity index (χ1v) is 6.79. The molecule has 3 rings (SSSR count). The second-order valence-electron chi connectivity index (χ2n) is 4.41. The Morgan fingerprint density at radius 2 is 2.20 bits per heavy atom. The first kappa shape index (κ1) is 13.2. The van der Waals surface area contributed by atoms with Gasteiger partial charge in [0.1, 0.15) is 10.7 Å². The summed E-state index contributed by atoms with van der Waals surface area (Å²) < 4.78 is 1.88. The van der Waals surface area contributed by atoms with Crippen LogP contribution in [-0.4, -0.2) is 20.6 Å². The van der Waals surface area contributed by atoms with E-state index in [-0.39, 0.29) is 10.6 Å². The van der Waals surface area contributed by atoms with E-state index in [0.717, 1.165) is 6.42 Å². The molecule has 102 valence electrons. The van der Waals surface area contributed by atoms with Crippen molar-refractivity contribution in [1.29, 1.82) is 0 Å². The van der Waals surface area contributed by atoms with Crippen molar-refractivity contribution in [3.8, 4) is 11.3 Å². The highest BCUT2D eigenvalue weighted by Crippen LogP contribution is 2.40. The van der Waals surface area contributed by atoms with Crippen LogP contribution in [0.5, 0.6) is 0 Å². The van der Waals surface area contributed by atoms with Crippen molar-refractivity contribution in [2.75, 3.05) is 0 Å². The second-order valence-corrected chi connectivity index (χ2v) is 5.15. The number of halogens is 2. The van der Waals surface area contributed by atoms with Gasteiger partial charge in [0, 0.05) is 18.3 Å². The molecule has 0 bridgehead atoms. The van der Waals surface area contributed by atoms with Gasteiger partial charge in [-0.05, 0) is 24.6 Å². The molecule has 1 aliphatic rings. The molecule has 1 N–H and O–H groups in total. The smallest absolute Gasteiger partial charge is 0.339 e. The number of aromatic carboxylic acids is 1. The number of carbonyl (C=O) groups is 1. The van der Waals surface area contributed by atoms with Gasteiger partial charge in [-0.25, -0.2) is 9.78 Å². The van der Waals surface area contributed by atoms with Crippen molar-refractivity contribution in [2.24, 2.45) is 0 Å². The number of pyridine rings is 1. The average molecular weight is 309 g/mol. The summed E-state index contributed by atoms with van der Waals surface area (Å²) in [6.07, 6.45) is 6.12. The molecule has 6 heteroatoms. The molecular weight excluding hydrogens is 299 g/mol. The summed E-state index contributed by atoms with van der Waals surface area (Å²) in [6, 6.07) is 3.53. The standard InChI is InChI=1S/C14H10Cl2N2O2/c15-11-10(14(19)20)9-5-1-2-7-18(9)12(11)8-4-3-6-17-13(8)16/h1,3-6H,2,7H2,(H,19,20). The zero-order valence-electron chi connectivity index (χ0n) is 10.3. The summed E-state index contributed by atoms with van der Waals surface area (Å²) in [6.45, 7) is 0.666. The van der Waals surface area contributed by atoms with Crippen LogP contribution in [0.3, 0.4) is 0 Å². The van der Waals surface area contributed by atoms with Crippen LogP contribution in [-0.2, 0) is 6.54 Å². The molecule has 0 saturated carbocycles. The quantitative estimate of drug-likeness (QED) is 0.854. The fourth-order valence-electron chi connectivity index (χ4n) is 2.44. The molecular formula is C14H10Cl2N2O2. The summed E-state index contributed by atoms with van der Waals surface area (Å²) >= 11 is 12.4. The number of hydrogen-bond donors (Lipinski definition) is 1. The molecule has 20 heavy (non-hydrogen) atoms. The molecule has 2 aromatic heterocycles. The molecule has 2 aromatic rings. The number of aromatic nitrogens is 2. The Labute approximate surface area is 125 Å². The molecule has 0 aromatic carbocycles. The van der Waals surface area contributed by atoms with Crippen LogP contribution < -0.4 is 0 Å². The molecule has 0 radical (unpaired) electrons. The van der Waals surface area contributed by atoms with Gasteiger partial charge in [-0.3, -0.25) is 0 Å². The number of fused-ring (bicyclic) bond motifs is 1. The summed E-state index contributed by atoms with van der Waals surface area (Å²) in [5.41, 5.74) is 1.96. The normalized spacial score (nSPS) is 13.3. The topological polar surface area (TPSA) is 55.1 Å². The van der Waals surface area contributed by atoms with E-state index in [9.17, 15) is 9.90 Å². The molecule has 0 spiro atoms. The van der Waals surface area contributed by atoms with Crippen LogP contribution >= 0.6 is 23.2 Å². The van der Waals surface area contributed by atoms with Gasteiger partial charge < -0.3 is 9.67 Å². The maximum Gasteiger partial charge on any atom is 0.339 e. The molecule has 0 amide bonds. The number of rotatable bonds is 2. The van der Waals surface area contributed by atoms with E-state index in [2.05, 4.69) is 4.98 Å². The lowest BCUT2D eigenvalue weighted by Crippen LogP contribution is -2.07. The van der Waals surface area contributed by atoms with Gasteiger partial charge in [0.2, 0.25) is 0 Å². The van der Waals surface area contributed by atoms with E-state index >= 15 is 0 Å². The highest BCUT2D eigenvalue weighted by atomic mass is 35.5. The van der Waals surface area contributed by atoms with Crippen molar-refractivity contribution in [3.05, 3.63) is 45.8 Å². The summed E-state index contributed by atoms with van der Waals surface area (Å²) in [4.78, 5) is 15.5. The van der Waals surface area contributed by atoms with E-state index in [1.54, 1.807) is 24.4 Å². The van der Waals surface area contributed by atoms with Crippen molar-refractivity contribution in [2.45, 2.75) is 13.0 Å². The number of nitrogens with zero attached hydrogens (tertiary/aromatic N) is 2. The summed E-state index contributed by atoms with van der Waals surface area (Å²) in [5.74, 6) is -1.04. The van der Waals surface area contributed by atoms with E-state index in [4.69, 9.17) is 23.2 Å². The maximum absolute atomic E-state index is 11.4.